The number of ether oxygens (including phenoxy) is 1. The van der Waals surface area contributed by atoms with Crippen LogP contribution in [0.5, 0.6) is 0 Å². The van der Waals surface area contributed by atoms with Gasteiger partial charge in [-0.1, -0.05) is 30.3 Å². The van der Waals surface area contributed by atoms with E-state index in [1.54, 1.807) is 25.7 Å². The largest absolute Gasteiger partial charge is 0.444 e. The number of rotatable bonds is 3. The Morgan fingerprint density at radius 1 is 1.23 bits per heavy atom. The van der Waals surface area contributed by atoms with Crippen LogP contribution in [0.25, 0.3) is 0 Å². The van der Waals surface area contributed by atoms with E-state index in [0.29, 0.717) is 13.0 Å². The minimum Gasteiger partial charge on any atom is -0.444 e. The van der Waals surface area contributed by atoms with Gasteiger partial charge in [0.25, 0.3) is 0 Å². The van der Waals surface area contributed by atoms with Gasteiger partial charge in [0, 0.05) is 13.0 Å². The fraction of sp³-hybridized carbons (Fsp3) is 0.526. The van der Waals surface area contributed by atoms with Crippen molar-refractivity contribution in [3.8, 4) is 0 Å². The van der Waals surface area contributed by atoms with Crippen molar-refractivity contribution in [3.63, 3.8) is 0 Å². The second-order valence-corrected chi connectivity index (χ2v) is 7.75. The van der Waals surface area contributed by atoms with E-state index >= 15 is 0 Å². The second-order valence-electron chi connectivity index (χ2n) is 7.75. The lowest BCUT2D eigenvalue weighted by Crippen LogP contribution is -2.58. The van der Waals surface area contributed by atoms with Crippen molar-refractivity contribution in [2.45, 2.75) is 57.8 Å². The molecule has 7 nitrogen and oxygen atoms in total. The summed E-state index contributed by atoms with van der Waals surface area (Å²) >= 11 is 0. The van der Waals surface area contributed by atoms with E-state index in [9.17, 15) is 14.4 Å². The van der Waals surface area contributed by atoms with Crippen LogP contribution in [0.3, 0.4) is 0 Å². The third kappa shape index (κ3) is 3.98. The van der Waals surface area contributed by atoms with Crippen molar-refractivity contribution in [2.75, 3.05) is 6.54 Å². The van der Waals surface area contributed by atoms with Crippen LogP contribution in [0.15, 0.2) is 30.3 Å². The molecule has 26 heavy (non-hydrogen) atoms. The highest BCUT2D eigenvalue weighted by Crippen LogP contribution is 2.28. The zero-order valence-corrected chi connectivity index (χ0v) is 15.4. The average molecular weight is 359 g/mol. The number of imide groups is 1. The first-order valence-electron chi connectivity index (χ1n) is 8.89. The Morgan fingerprint density at radius 3 is 2.58 bits per heavy atom. The van der Waals surface area contributed by atoms with Crippen LogP contribution in [0.4, 0.5) is 9.59 Å². The average Bonchev–Trinajstić information content (AvgIpc) is 2.93. The molecule has 2 heterocycles. The van der Waals surface area contributed by atoms with Gasteiger partial charge < -0.3 is 15.0 Å². The lowest BCUT2D eigenvalue weighted by atomic mass is 10.0. The summed E-state index contributed by atoms with van der Waals surface area (Å²) in [6, 6.07) is 8.58. The lowest BCUT2D eigenvalue weighted by Gasteiger charge is -2.38. The third-order valence-corrected chi connectivity index (χ3v) is 4.59. The highest BCUT2D eigenvalue weighted by molar-refractivity contribution is 5.97. The fourth-order valence-electron chi connectivity index (χ4n) is 3.44. The number of amides is 4. The molecule has 2 aliphatic rings. The Morgan fingerprint density at radius 2 is 1.92 bits per heavy atom. The van der Waals surface area contributed by atoms with E-state index in [2.05, 4.69) is 5.32 Å². The highest BCUT2D eigenvalue weighted by atomic mass is 16.6. The number of carbonyl (C=O) groups is 3. The number of hydrogen-bond donors (Lipinski definition) is 1. The maximum atomic E-state index is 12.8. The maximum Gasteiger partial charge on any atom is 0.407 e. The first-order chi connectivity index (χ1) is 12.2. The summed E-state index contributed by atoms with van der Waals surface area (Å²) in [4.78, 5) is 40.3. The van der Waals surface area contributed by atoms with E-state index in [0.717, 1.165) is 5.56 Å². The van der Waals surface area contributed by atoms with E-state index in [1.165, 1.54) is 4.90 Å². The number of nitrogens with one attached hydrogen (secondary N) is 1. The minimum absolute atomic E-state index is 0.207. The number of benzene rings is 1. The van der Waals surface area contributed by atoms with Crippen molar-refractivity contribution in [1.29, 1.82) is 0 Å². The molecule has 0 aromatic heterocycles. The molecule has 140 valence electrons. The SMILES string of the molecule is CC(C)(C)OC(=O)N[C@H]1CCN2C(=O)N(Cc3ccccc3)C(=O)C[C@H]12. The van der Waals surface area contributed by atoms with E-state index in [1.807, 2.05) is 30.3 Å². The standard InChI is InChI=1S/C19H25N3O4/c1-19(2,3)26-17(24)20-14-9-10-21-15(14)11-16(23)22(18(21)25)12-13-7-5-4-6-8-13/h4-8,14-15H,9-12H2,1-3H3,(H,20,24)/t14-,15+/m0/s1. The quantitative estimate of drug-likeness (QED) is 0.899. The minimum atomic E-state index is -0.590. The Hall–Kier alpha value is -2.57. The van der Waals surface area contributed by atoms with Gasteiger partial charge in [-0.15, -0.1) is 0 Å². The van der Waals surface area contributed by atoms with Crippen LogP contribution in [0.1, 0.15) is 39.2 Å². The zero-order chi connectivity index (χ0) is 18.9. The molecule has 1 aromatic rings. The molecule has 1 aromatic carbocycles. The maximum absolute atomic E-state index is 12.8. The molecule has 2 atom stereocenters. The van der Waals surface area contributed by atoms with Crippen molar-refractivity contribution in [1.82, 2.24) is 15.1 Å². The van der Waals surface area contributed by atoms with Gasteiger partial charge >= 0.3 is 12.1 Å². The highest BCUT2D eigenvalue weighted by Gasteiger charge is 2.46. The predicted octanol–water partition coefficient (Wildman–Crippen LogP) is 2.51. The Bertz CT molecular complexity index is 698. The first kappa shape index (κ1) is 18.2. The lowest BCUT2D eigenvalue weighted by molar-refractivity contribution is -0.132. The molecule has 2 saturated heterocycles. The van der Waals surface area contributed by atoms with Crippen LogP contribution in [-0.4, -0.2) is 52.1 Å². The summed E-state index contributed by atoms with van der Waals surface area (Å²) in [7, 11) is 0. The molecule has 3 rings (SSSR count). The van der Waals surface area contributed by atoms with Gasteiger partial charge in [0.05, 0.1) is 18.6 Å². The van der Waals surface area contributed by atoms with Crippen LogP contribution >= 0.6 is 0 Å². The molecule has 0 radical (unpaired) electrons. The molecule has 7 heteroatoms. The smallest absolute Gasteiger partial charge is 0.407 e. The normalized spacial score (nSPS) is 23.0. The number of alkyl carbamates (subject to hydrolysis) is 1. The number of hydrogen-bond acceptors (Lipinski definition) is 4. The van der Waals surface area contributed by atoms with Crippen LogP contribution in [0, 0.1) is 0 Å². The molecule has 1 N–H and O–H groups in total. The molecule has 0 saturated carbocycles. The van der Waals surface area contributed by atoms with E-state index < -0.39 is 11.7 Å². The number of fused-ring (bicyclic) bond motifs is 1. The van der Waals surface area contributed by atoms with E-state index in [-0.39, 0.29) is 37.0 Å². The van der Waals surface area contributed by atoms with Crippen LogP contribution < -0.4 is 5.32 Å². The molecule has 0 bridgehead atoms. The molecular formula is C19H25N3O4. The molecule has 4 amide bonds. The monoisotopic (exact) mass is 359 g/mol. The van der Waals surface area contributed by atoms with Gasteiger partial charge in [-0.3, -0.25) is 9.69 Å². The van der Waals surface area contributed by atoms with E-state index in [4.69, 9.17) is 4.74 Å². The molecular weight excluding hydrogens is 334 g/mol. The molecule has 0 spiro atoms. The van der Waals surface area contributed by atoms with Crippen LogP contribution in [-0.2, 0) is 16.1 Å². The number of urea groups is 1. The third-order valence-electron chi connectivity index (χ3n) is 4.59. The van der Waals surface area contributed by atoms with Gasteiger partial charge in [0.2, 0.25) is 5.91 Å². The Labute approximate surface area is 153 Å². The predicted molar refractivity (Wildman–Crippen MR) is 95.3 cm³/mol. The van der Waals surface area contributed by atoms with Crippen molar-refractivity contribution in [3.05, 3.63) is 35.9 Å². The van der Waals surface area contributed by atoms with Crippen molar-refractivity contribution in [2.24, 2.45) is 0 Å². The van der Waals surface area contributed by atoms with Gasteiger partial charge in [0.1, 0.15) is 5.60 Å². The summed E-state index contributed by atoms with van der Waals surface area (Å²) in [6.07, 6.45) is 0.303. The number of carbonyl (C=O) groups excluding carboxylic acids is 3. The van der Waals surface area contributed by atoms with Gasteiger partial charge in [-0.05, 0) is 32.8 Å². The van der Waals surface area contributed by atoms with Crippen molar-refractivity contribution < 1.29 is 19.1 Å². The summed E-state index contributed by atoms with van der Waals surface area (Å²) in [5.41, 5.74) is 0.322. The second kappa shape index (κ2) is 6.97. The molecule has 2 aliphatic heterocycles. The summed E-state index contributed by atoms with van der Waals surface area (Å²) in [5, 5.41) is 2.81. The Balaban J connectivity index is 1.65. The van der Waals surface area contributed by atoms with Crippen molar-refractivity contribution >= 4 is 18.0 Å². The summed E-state index contributed by atoms with van der Waals surface area (Å²) in [5.74, 6) is -0.210. The first-order valence-corrected chi connectivity index (χ1v) is 8.89. The fourth-order valence-corrected chi connectivity index (χ4v) is 3.44. The van der Waals surface area contributed by atoms with Gasteiger partial charge in [-0.25, -0.2) is 9.59 Å². The molecule has 2 fully saturated rings. The summed E-state index contributed by atoms with van der Waals surface area (Å²) in [6.45, 7) is 6.17. The van der Waals surface area contributed by atoms with Gasteiger partial charge in [0.15, 0.2) is 0 Å². The molecule has 0 unspecified atom stereocenters. The molecule has 0 aliphatic carbocycles. The van der Waals surface area contributed by atoms with Gasteiger partial charge in [-0.2, -0.15) is 0 Å². The Kier molecular flexibility index (Phi) is 4.89. The van der Waals surface area contributed by atoms with Crippen LogP contribution in [0.2, 0.25) is 0 Å². The zero-order valence-electron chi connectivity index (χ0n) is 15.4. The number of nitrogens with zero attached hydrogens (tertiary/aromatic N) is 2. The topological polar surface area (TPSA) is 79.0 Å². The summed E-state index contributed by atoms with van der Waals surface area (Å²) < 4.78 is 5.28.